The molecule has 0 N–H and O–H groups in total. The molecule has 0 spiro atoms. The summed E-state index contributed by atoms with van der Waals surface area (Å²) in [6.07, 6.45) is -0.411. The smallest absolute Gasteiger partial charge is 0.132 e. The van der Waals surface area contributed by atoms with Crippen LogP contribution in [0, 0.1) is 0 Å². The molecule has 2 aliphatic rings. The number of fused-ring (bicyclic) bond motifs is 2. The molecule has 0 aromatic rings. The summed E-state index contributed by atoms with van der Waals surface area (Å²) < 4.78 is 27.4. The summed E-state index contributed by atoms with van der Waals surface area (Å²) in [6, 6.07) is 0. The molecule has 0 aromatic carbocycles. The van der Waals surface area contributed by atoms with Crippen LogP contribution in [-0.4, -0.2) is 49.2 Å². The second-order valence-electron chi connectivity index (χ2n) is 4.39. The Labute approximate surface area is 99.4 Å². The van der Waals surface area contributed by atoms with Crippen molar-refractivity contribution in [3.63, 3.8) is 0 Å². The molecule has 94 valence electrons. The van der Waals surface area contributed by atoms with Crippen molar-refractivity contribution in [3.05, 3.63) is 0 Å². The second-order valence-corrected chi connectivity index (χ2v) is 7.31. The fraction of sp³-hybridized carbons (Fsp3) is 1.00. The minimum atomic E-state index is -3.74. The SMILES string of the molecule is COC[C@]12CS[C@@H](C1OP(C)(=O)[O-])[C@H](C)O2. The Hall–Kier alpha value is 0.420. The van der Waals surface area contributed by atoms with Crippen LogP contribution in [0.1, 0.15) is 6.92 Å². The van der Waals surface area contributed by atoms with Crippen molar-refractivity contribution in [3.8, 4) is 0 Å². The van der Waals surface area contributed by atoms with E-state index < -0.39 is 19.3 Å². The van der Waals surface area contributed by atoms with E-state index in [9.17, 15) is 9.46 Å². The molecule has 2 unspecified atom stereocenters. The Kier molecular flexibility index (Phi) is 3.43. The van der Waals surface area contributed by atoms with Gasteiger partial charge in [-0.15, -0.1) is 11.8 Å². The van der Waals surface area contributed by atoms with E-state index in [4.69, 9.17) is 14.0 Å². The van der Waals surface area contributed by atoms with Crippen LogP contribution < -0.4 is 4.89 Å². The zero-order chi connectivity index (χ0) is 12.0. The molecule has 0 aromatic heterocycles. The van der Waals surface area contributed by atoms with Gasteiger partial charge < -0.3 is 23.5 Å². The predicted octanol–water partition coefficient (Wildman–Crippen LogP) is 0.474. The van der Waals surface area contributed by atoms with Crippen LogP contribution in [0.3, 0.4) is 0 Å². The number of methoxy groups -OCH3 is 1. The zero-order valence-corrected chi connectivity index (χ0v) is 11.3. The molecule has 0 amide bonds. The number of hydrogen-bond acceptors (Lipinski definition) is 6. The lowest BCUT2D eigenvalue weighted by molar-refractivity contribution is -0.206. The van der Waals surface area contributed by atoms with Gasteiger partial charge in [-0.05, 0) is 6.92 Å². The molecule has 5 nitrogen and oxygen atoms in total. The van der Waals surface area contributed by atoms with Crippen LogP contribution in [0.15, 0.2) is 0 Å². The molecular formula is C9H16O5PS-. The third-order valence-electron chi connectivity index (χ3n) is 2.91. The number of hydrogen-bond donors (Lipinski definition) is 0. The largest absolute Gasteiger partial charge is 0.779 e. The highest BCUT2D eigenvalue weighted by Crippen LogP contribution is 2.53. The van der Waals surface area contributed by atoms with E-state index in [1.54, 1.807) is 18.9 Å². The molecule has 2 rings (SSSR count). The van der Waals surface area contributed by atoms with Crippen LogP contribution in [0.4, 0.5) is 0 Å². The quantitative estimate of drug-likeness (QED) is 0.690. The third kappa shape index (κ3) is 2.19. The highest BCUT2D eigenvalue weighted by Gasteiger charge is 2.60. The molecule has 0 saturated carbocycles. The Morgan fingerprint density at radius 2 is 2.38 bits per heavy atom. The van der Waals surface area contributed by atoms with Gasteiger partial charge in [0, 0.05) is 19.5 Å². The van der Waals surface area contributed by atoms with Crippen molar-refractivity contribution in [2.45, 2.75) is 30.0 Å². The topological polar surface area (TPSA) is 67.8 Å². The van der Waals surface area contributed by atoms with Crippen molar-refractivity contribution < 1.29 is 23.5 Å². The monoisotopic (exact) mass is 267 g/mol. The molecule has 5 atom stereocenters. The van der Waals surface area contributed by atoms with Gasteiger partial charge in [0.2, 0.25) is 0 Å². The van der Waals surface area contributed by atoms with Crippen molar-refractivity contribution in [1.82, 2.24) is 0 Å². The molecule has 2 fully saturated rings. The second kappa shape index (κ2) is 4.26. The molecule has 0 radical (unpaired) electrons. The Morgan fingerprint density at radius 1 is 1.69 bits per heavy atom. The standard InChI is InChI=1S/C9H17O5PS/c1-6-7-8(14-15(3,10)11)9(13-6,4-12-2)5-16-7/h6-8H,4-5H2,1-3H3,(H,10,11)/p-1/t6-,7+,8?,9-/m0/s1. The lowest BCUT2D eigenvalue weighted by Gasteiger charge is -2.32. The average molecular weight is 267 g/mol. The van der Waals surface area contributed by atoms with Crippen molar-refractivity contribution >= 4 is 19.4 Å². The summed E-state index contributed by atoms with van der Waals surface area (Å²) in [5.41, 5.74) is -0.598. The summed E-state index contributed by atoms with van der Waals surface area (Å²) in [5.74, 6) is 0.723. The summed E-state index contributed by atoms with van der Waals surface area (Å²) in [7, 11) is -2.16. The highest BCUT2D eigenvalue weighted by atomic mass is 32.2. The summed E-state index contributed by atoms with van der Waals surface area (Å²) in [4.78, 5) is 11.3. The first-order chi connectivity index (χ1) is 7.38. The average Bonchev–Trinajstić information content (AvgIpc) is 2.54. The van der Waals surface area contributed by atoms with Gasteiger partial charge in [0.25, 0.3) is 0 Å². The van der Waals surface area contributed by atoms with Gasteiger partial charge in [-0.25, -0.2) is 0 Å². The van der Waals surface area contributed by atoms with Gasteiger partial charge in [-0.1, -0.05) is 0 Å². The summed E-state index contributed by atoms with van der Waals surface area (Å²) >= 11 is 1.70. The Balaban J connectivity index is 2.19. The minimum absolute atomic E-state index is 0.00505. The molecule has 16 heavy (non-hydrogen) atoms. The third-order valence-corrected chi connectivity index (χ3v) is 5.19. The first-order valence-corrected chi connectivity index (χ1v) is 8.17. The number of ether oxygens (including phenoxy) is 2. The predicted molar refractivity (Wildman–Crippen MR) is 59.8 cm³/mol. The van der Waals surface area contributed by atoms with Crippen LogP contribution in [-0.2, 0) is 18.6 Å². The fourth-order valence-corrected chi connectivity index (χ4v) is 4.80. The lowest BCUT2D eigenvalue weighted by Crippen LogP contribution is -2.45. The van der Waals surface area contributed by atoms with Gasteiger partial charge in [0.15, 0.2) is 0 Å². The van der Waals surface area contributed by atoms with E-state index in [2.05, 4.69) is 0 Å². The van der Waals surface area contributed by atoms with E-state index >= 15 is 0 Å². The normalized spacial score (nSPS) is 45.9. The molecule has 2 bridgehead atoms. The first kappa shape index (κ1) is 12.9. The van der Waals surface area contributed by atoms with Crippen LogP contribution in [0.5, 0.6) is 0 Å². The van der Waals surface area contributed by atoms with E-state index in [1.165, 1.54) is 0 Å². The van der Waals surface area contributed by atoms with Gasteiger partial charge in [0.05, 0.1) is 18.0 Å². The molecule has 7 heteroatoms. The molecular weight excluding hydrogens is 251 g/mol. The molecule has 2 saturated heterocycles. The van der Waals surface area contributed by atoms with Crippen LogP contribution in [0.2, 0.25) is 0 Å². The first-order valence-electron chi connectivity index (χ1n) is 5.13. The zero-order valence-electron chi connectivity index (χ0n) is 9.54. The van der Waals surface area contributed by atoms with Gasteiger partial charge >= 0.3 is 0 Å². The molecule has 2 heterocycles. The minimum Gasteiger partial charge on any atom is -0.779 e. The van der Waals surface area contributed by atoms with Crippen molar-refractivity contribution in [2.75, 3.05) is 26.1 Å². The maximum absolute atomic E-state index is 11.3. The number of rotatable bonds is 4. The maximum atomic E-state index is 11.3. The van der Waals surface area contributed by atoms with E-state index in [0.29, 0.717) is 6.61 Å². The van der Waals surface area contributed by atoms with Gasteiger partial charge in [-0.2, -0.15) is 0 Å². The summed E-state index contributed by atoms with van der Waals surface area (Å²) in [6.45, 7) is 3.40. The van der Waals surface area contributed by atoms with Gasteiger partial charge in [-0.3, -0.25) is 0 Å². The maximum Gasteiger partial charge on any atom is 0.132 e. The van der Waals surface area contributed by atoms with E-state index in [0.717, 1.165) is 12.4 Å². The summed E-state index contributed by atoms with van der Waals surface area (Å²) in [5, 5.41) is 0.0809. The van der Waals surface area contributed by atoms with Crippen molar-refractivity contribution in [1.29, 1.82) is 0 Å². The Bertz CT molecular complexity index is 319. The lowest BCUT2D eigenvalue weighted by atomic mass is 10.00. The molecule has 2 aliphatic heterocycles. The van der Waals surface area contributed by atoms with Gasteiger partial charge in [0.1, 0.15) is 19.3 Å². The highest BCUT2D eigenvalue weighted by molar-refractivity contribution is 8.00. The van der Waals surface area contributed by atoms with E-state index in [-0.39, 0.29) is 11.4 Å². The fourth-order valence-electron chi connectivity index (χ4n) is 2.39. The number of thioether (sulfide) groups is 1. The van der Waals surface area contributed by atoms with Crippen LogP contribution >= 0.6 is 19.4 Å². The van der Waals surface area contributed by atoms with Crippen molar-refractivity contribution in [2.24, 2.45) is 0 Å². The molecule has 0 aliphatic carbocycles. The van der Waals surface area contributed by atoms with Crippen LogP contribution in [0.25, 0.3) is 0 Å². The Morgan fingerprint density at radius 3 is 2.88 bits per heavy atom. The van der Waals surface area contributed by atoms with E-state index in [1.807, 2.05) is 6.92 Å².